The molecule has 1 heterocycles. The van der Waals surface area contributed by atoms with Crippen LogP contribution < -0.4 is 15.6 Å². The zero-order valence-electron chi connectivity index (χ0n) is 12.3. The Balaban J connectivity index is 2.08. The molecule has 8 nitrogen and oxygen atoms in total. The second-order valence-electron chi connectivity index (χ2n) is 4.49. The lowest BCUT2D eigenvalue weighted by atomic mass is 10.4. The lowest BCUT2D eigenvalue weighted by molar-refractivity contribution is -0.114. The van der Waals surface area contributed by atoms with E-state index < -0.39 is 15.9 Å². The van der Waals surface area contributed by atoms with Crippen LogP contribution >= 0.6 is 11.3 Å². The maximum atomic E-state index is 12.1. The highest BCUT2D eigenvalue weighted by Crippen LogP contribution is 2.22. The molecule has 0 radical (unpaired) electrons. The highest BCUT2D eigenvalue weighted by atomic mass is 32.2. The number of rotatable bonds is 5. The largest absolute Gasteiger partial charge is 0.302 e. The van der Waals surface area contributed by atoms with E-state index in [0.717, 1.165) is 11.3 Å². The summed E-state index contributed by atoms with van der Waals surface area (Å²) in [4.78, 5) is 29.3. The van der Waals surface area contributed by atoms with E-state index in [1.54, 1.807) is 25.1 Å². The average molecular weight is 354 g/mol. The van der Waals surface area contributed by atoms with Gasteiger partial charge in [0.15, 0.2) is 5.13 Å². The summed E-state index contributed by atoms with van der Waals surface area (Å²) in [7, 11) is -3.86. The molecule has 10 heteroatoms. The topological polar surface area (TPSA) is 117 Å². The van der Waals surface area contributed by atoms with Crippen molar-refractivity contribution in [3.63, 3.8) is 0 Å². The van der Waals surface area contributed by atoms with E-state index in [0.29, 0.717) is 5.69 Å². The van der Waals surface area contributed by atoms with Crippen LogP contribution in [0.5, 0.6) is 0 Å². The quantitative estimate of drug-likeness (QED) is 0.693. The number of thiazole rings is 1. The molecule has 1 aromatic carbocycles. The molecular weight excluding hydrogens is 340 g/mol. The minimum atomic E-state index is -3.86. The van der Waals surface area contributed by atoms with Crippen molar-refractivity contribution in [2.24, 2.45) is 0 Å². The van der Waals surface area contributed by atoms with Crippen LogP contribution in [-0.4, -0.2) is 25.2 Å². The number of nitrogens with zero attached hydrogens (tertiary/aromatic N) is 1. The third-order valence-corrected chi connectivity index (χ3v) is 4.97. The van der Waals surface area contributed by atoms with E-state index >= 15 is 0 Å². The molecule has 3 N–H and O–H groups in total. The fourth-order valence-corrected chi connectivity index (χ4v) is 3.41. The first kappa shape index (κ1) is 17.1. The van der Waals surface area contributed by atoms with Gasteiger partial charge in [0.05, 0.1) is 10.6 Å². The fourth-order valence-electron chi connectivity index (χ4n) is 1.64. The van der Waals surface area contributed by atoms with Gasteiger partial charge in [-0.1, -0.05) is 29.5 Å². The Morgan fingerprint density at radius 2 is 1.83 bits per heavy atom. The van der Waals surface area contributed by atoms with Gasteiger partial charge in [0.2, 0.25) is 5.91 Å². The molecular formula is C13H14N4O4S2. The summed E-state index contributed by atoms with van der Waals surface area (Å²) in [6, 6.07) is 7.64. The van der Waals surface area contributed by atoms with Crippen LogP contribution in [0.3, 0.4) is 0 Å². The molecule has 0 atom stereocenters. The number of carbonyl (C=O) groups is 2. The van der Waals surface area contributed by atoms with E-state index in [2.05, 4.69) is 15.7 Å². The molecule has 0 saturated heterocycles. The van der Waals surface area contributed by atoms with Crippen LogP contribution in [0.1, 0.15) is 22.3 Å². The van der Waals surface area contributed by atoms with Crippen molar-refractivity contribution < 1.29 is 18.0 Å². The summed E-state index contributed by atoms with van der Waals surface area (Å²) in [5.41, 5.74) is 2.51. The summed E-state index contributed by atoms with van der Waals surface area (Å²) in [5, 5.41) is 2.74. The first-order valence-electron chi connectivity index (χ1n) is 6.42. The minimum Gasteiger partial charge on any atom is -0.302 e. The predicted octanol–water partition coefficient (Wildman–Crippen LogP) is 1.03. The highest BCUT2D eigenvalue weighted by molar-refractivity contribution is 7.89. The van der Waals surface area contributed by atoms with Gasteiger partial charge in [0.25, 0.3) is 15.9 Å². The Hall–Kier alpha value is -2.30. The molecule has 0 fully saturated rings. The van der Waals surface area contributed by atoms with Crippen molar-refractivity contribution in [3.05, 3.63) is 40.9 Å². The average Bonchev–Trinajstić information content (AvgIpc) is 2.85. The Morgan fingerprint density at radius 3 is 2.43 bits per heavy atom. The number of nitrogens with one attached hydrogen (secondary N) is 3. The van der Waals surface area contributed by atoms with Gasteiger partial charge in [-0.25, -0.2) is 13.4 Å². The van der Waals surface area contributed by atoms with Gasteiger partial charge in [-0.2, -0.15) is 0 Å². The van der Waals surface area contributed by atoms with E-state index in [-0.39, 0.29) is 20.8 Å². The maximum absolute atomic E-state index is 12.1. The Bertz CT molecular complexity index is 831. The summed E-state index contributed by atoms with van der Waals surface area (Å²) in [6.07, 6.45) is 0. The van der Waals surface area contributed by atoms with E-state index in [9.17, 15) is 18.0 Å². The number of benzene rings is 1. The zero-order chi connectivity index (χ0) is 17.0. The lowest BCUT2D eigenvalue weighted by Crippen LogP contribution is -2.41. The molecule has 1 aromatic heterocycles. The number of carbonyl (C=O) groups excluding carboxylic acids is 2. The molecule has 0 aliphatic heterocycles. The summed E-state index contributed by atoms with van der Waals surface area (Å²) in [6.45, 7) is 2.91. The van der Waals surface area contributed by atoms with Gasteiger partial charge in [-0.05, 0) is 19.1 Å². The molecule has 0 bridgehead atoms. The molecule has 0 unspecified atom stereocenters. The highest BCUT2D eigenvalue weighted by Gasteiger charge is 2.19. The number of aromatic nitrogens is 1. The van der Waals surface area contributed by atoms with Crippen LogP contribution in [0.15, 0.2) is 35.2 Å². The van der Waals surface area contributed by atoms with Crippen LogP contribution in [0.2, 0.25) is 0 Å². The smallest absolute Gasteiger partial charge is 0.278 e. The number of sulfonamides is 1. The normalized spacial score (nSPS) is 11.0. The second-order valence-corrected chi connectivity index (χ2v) is 7.17. The number of hydrogen-bond acceptors (Lipinski definition) is 6. The number of aryl methyl sites for hydroxylation is 1. The maximum Gasteiger partial charge on any atom is 0.278 e. The number of hydrazine groups is 1. The Morgan fingerprint density at radius 1 is 1.17 bits per heavy atom. The van der Waals surface area contributed by atoms with E-state index in [1.807, 2.05) is 4.83 Å². The first-order valence-corrected chi connectivity index (χ1v) is 8.72. The Kier molecular flexibility index (Phi) is 5.08. The van der Waals surface area contributed by atoms with Gasteiger partial charge in [-0.3, -0.25) is 15.0 Å². The standard InChI is InChI=1S/C13H14N4O4S2/c1-8-11(22-13(14-8)15-9(2)18)12(19)16-17-23(20,21)10-6-4-3-5-7-10/h3-7,17H,1-2H3,(H,16,19)(H,14,15,18). The molecule has 0 aliphatic carbocycles. The number of hydrogen-bond donors (Lipinski definition) is 3. The van der Waals surface area contributed by atoms with Gasteiger partial charge < -0.3 is 5.32 Å². The van der Waals surface area contributed by atoms with Gasteiger partial charge in [0, 0.05) is 6.92 Å². The van der Waals surface area contributed by atoms with Crippen molar-refractivity contribution in [1.82, 2.24) is 15.2 Å². The third-order valence-electron chi connectivity index (χ3n) is 2.64. The van der Waals surface area contributed by atoms with Crippen LogP contribution in [0, 0.1) is 6.92 Å². The SMILES string of the molecule is CC(=O)Nc1nc(C)c(C(=O)NNS(=O)(=O)c2ccccc2)s1. The Labute approximate surface area is 137 Å². The summed E-state index contributed by atoms with van der Waals surface area (Å²) in [5.74, 6) is -0.966. The number of amides is 2. The molecule has 2 aromatic rings. The van der Waals surface area contributed by atoms with Gasteiger partial charge in [0.1, 0.15) is 4.88 Å². The van der Waals surface area contributed by atoms with Crippen LogP contribution in [0.4, 0.5) is 5.13 Å². The molecule has 0 saturated carbocycles. The molecule has 0 spiro atoms. The van der Waals surface area contributed by atoms with E-state index in [4.69, 9.17) is 0 Å². The van der Waals surface area contributed by atoms with Crippen molar-refractivity contribution >= 4 is 38.3 Å². The van der Waals surface area contributed by atoms with Crippen molar-refractivity contribution in [2.45, 2.75) is 18.7 Å². The number of anilines is 1. The third kappa shape index (κ3) is 4.34. The fraction of sp³-hybridized carbons (Fsp3) is 0.154. The first-order chi connectivity index (χ1) is 10.8. The zero-order valence-corrected chi connectivity index (χ0v) is 13.9. The molecule has 2 rings (SSSR count). The second kappa shape index (κ2) is 6.86. The van der Waals surface area contributed by atoms with Crippen LogP contribution in [0.25, 0.3) is 0 Å². The molecule has 122 valence electrons. The van der Waals surface area contributed by atoms with Crippen molar-refractivity contribution in [3.8, 4) is 0 Å². The van der Waals surface area contributed by atoms with Gasteiger partial charge >= 0.3 is 0 Å². The van der Waals surface area contributed by atoms with Crippen molar-refractivity contribution in [1.29, 1.82) is 0 Å². The van der Waals surface area contributed by atoms with Crippen molar-refractivity contribution in [2.75, 3.05) is 5.32 Å². The molecule has 23 heavy (non-hydrogen) atoms. The summed E-state index contributed by atoms with van der Waals surface area (Å²) >= 11 is 0.952. The predicted molar refractivity (Wildman–Crippen MR) is 85.4 cm³/mol. The molecule has 2 amide bonds. The van der Waals surface area contributed by atoms with Gasteiger partial charge in [-0.15, -0.1) is 4.83 Å². The minimum absolute atomic E-state index is 0.0280. The van der Waals surface area contributed by atoms with Crippen LogP contribution in [-0.2, 0) is 14.8 Å². The monoisotopic (exact) mass is 354 g/mol. The molecule has 0 aliphatic rings. The lowest BCUT2D eigenvalue weighted by Gasteiger charge is -2.07. The summed E-state index contributed by atoms with van der Waals surface area (Å²) < 4.78 is 24.0. The van der Waals surface area contributed by atoms with E-state index in [1.165, 1.54) is 19.1 Å².